The molecule has 0 unspecified atom stereocenters. The third-order valence-electron chi connectivity index (χ3n) is 4.33. The quantitative estimate of drug-likeness (QED) is 0.379. The maximum Gasteiger partial charge on any atom is 0.339 e. The average molecular weight is 422 g/mol. The lowest BCUT2D eigenvalue weighted by Crippen LogP contribution is -2.51. The molecule has 0 spiro atoms. The Morgan fingerprint density at radius 1 is 0.767 bits per heavy atom. The lowest BCUT2D eigenvalue weighted by atomic mass is 10.1. The summed E-state index contributed by atoms with van der Waals surface area (Å²) >= 11 is 0. The predicted molar refractivity (Wildman–Crippen MR) is 108 cm³/mol. The molecule has 3 aromatic carbocycles. The van der Waals surface area contributed by atoms with Crippen LogP contribution in [0.5, 0.6) is 5.75 Å². The van der Waals surface area contributed by atoms with E-state index in [4.69, 9.17) is 4.18 Å². The predicted octanol–water partition coefficient (Wildman–Crippen LogP) is 2.36. The van der Waals surface area contributed by atoms with Crippen molar-refractivity contribution in [2.75, 3.05) is 0 Å². The summed E-state index contributed by atoms with van der Waals surface area (Å²) in [7, 11) is -4.11. The van der Waals surface area contributed by atoms with Crippen LogP contribution in [0.15, 0.2) is 77.2 Å². The van der Waals surface area contributed by atoms with E-state index in [1.54, 1.807) is 18.2 Å². The molecular weight excluding hydrogens is 408 g/mol. The molecule has 150 valence electrons. The number of benzene rings is 3. The average Bonchev–Trinajstić information content (AvgIpc) is 2.70. The van der Waals surface area contributed by atoms with Crippen LogP contribution in [-0.2, 0) is 19.7 Å². The standard InChI is InChI=1S/C21H14N2O6S/c24-19-18(20(25)23-21(26)22-19)11-13-4-3-7-16(10-13)29-30(27,28)17-9-8-14-5-1-2-6-15(14)12-17/h1-12H,(H2,22,23,24,25,26). The van der Waals surface area contributed by atoms with Gasteiger partial charge in [0.1, 0.15) is 16.2 Å². The van der Waals surface area contributed by atoms with Crippen molar-refractivity contribution in [2.24, 2.45) is 0 Å². The fourth-order valence-electron chi connectivity index (χ4n) is 2.93. The molecule has 1 fully saturated rings. The number of carbonyl (C=O) groups excluding carboxylic acids is 3. The van der Waals surface area contributed by atoms with E-state index in [0.29, 0.717) is 5.56 Å². The maximum absolute atomic E-state index is 12.7. The van der Waals surface area contributed by atoms with Gasteiger partial charge in [-0.15, -0.1) is 0 Å². The molecule has 0 radical (unpaired) electrons. The third-order valence-corrected chi connectivity index (χ3v) is 5.57. The molecule has 9 heteroatoms. The lowest BCUT2D eigenvalue weighted by Gasteiger charge is -2.14. The van der Waals surface area contributed by atoms with E-state index in [1.807, 2.05) is 28.8 Å². The molecule has 2 N–H and O–H groups in total. The first kappa shape index (κ1) is 19.3. The molecule has 0 aromatic heterocycles. The van der Waals surface area contributed by atoms with Crippen LogP contribution < -0.4 is 14.8 Å². The van der Waals surface area contributed by atoms with Crippen molar-refractivity contribution < 1.29 is 27.0 Å². The van der Waals surface area contributed by atoms with Gasteiger partial charge in [0.2, 0.25) is 0 Å². The van der Waals surface area contributed by atoms with Gasteiger partial charge in [-0.3, -0.25) is 20.2 Å². The Labute approximate surface area is 171 Å². The maximum atomic E-state index is 12.7. The summed E-state index contributed by atoms with van der Waals surface area (Å²) < 4.78 is 30.6. The largest absolute Gasteiger partial charge is 0.379 e. The van der Waals surface area contributed by atoms with Crippen LogP contribution in [0, 0.1) is 0 Å². The second kappa shape index (κ2) is 7.45. The summed E-state index contributed by atoms with van der Waals surface area (Å²) in [5.41, 5.74) is 0.0556. The second-order valence-corrected chi connectivity index (χ2v) is 7.96. The molecule has 1 aliphatic heterocycles. The second-order valence-electron chi connectivity index (χ2n) is 6.41. The minimum absolute atomic E-state index is 0.00482. The number of hydrogen-bond donors (Lipinski definition) is 2. The van der Waals surface area contributed by atoms with Crippen LogP contribution >= 0.6 is 0 Å². The Hall–Kier alpha value is -3.98. The van der Waals surface area contributed by atoms with Crippen LogP contribution in [0.3, 0.4) is 0 Å². The van der Waals surface area contributed by atoms with Gasteiger partial charge in [-0.2, -0.15) is 8.42 Å². The minimum Gasteiger partial charge on any atom is -0.379 e. The summed E-state index contributed by atoms with van der Waals surface area (Å²) in [6, 6.07) is 17.0. The van der Waals surface area contributed by atoms with Gasteiger partial charge >= 0.3 is 16.1 Å². The molecule has 3 aromatic rings. The number of imide groups is 2. The molecule has 30 heavy (non-hydrogen) atoms. The SMILES string of the molecule is O=C1NC(=O)C(=Cc2cccc(OS(=O)(=O)c3ccc4ccccc4c3)c2)C(=O)N1. The van der Waals surface area contributed by atoms with E-state index in [-0.39, 0.29) is 16.2 Å². The van der Waals surface area contributed by atoms with Crippen molar-refractivity contribution in [3.63, 3.8) is 0 Å². The van der Waals surface area contributed by atoms with Gasteiger partial charge in [0.05, 0.1) is 0 Å². The highest BCUT2D eigenvalue weighted by Gasteiger charge is 2.27. The zero-order valence-electron chi connectivity index (χ0n) is 15.3. The van der Waals surface area contributed by atoms with Gasteiger partial charge in [0.25, 0.3) is 11.8 Å². The number of barbiturate groups is 1. The van der Waals surface area contributed by atoms with E-state index < -0.39 is 28.0 Å². The van der Waals surface area contributed by atoms with Gasteiger partial charge in [0, 0.05) is 0 Å². The third kappa shape index (κ3) is 3.91. The fourth-order valence-corrected chi connectivity index (χ4v) is 3.89. The Balaban J connectivity index is 1.62. The molecule has 0 aliphatic carbocycles. The first-order valence-corrected chi connectivity index (χ1v) is 10.1. The summed E-state index contributed by atoms with van der Waals surface area (Å²) in [5.74, 6) is -1.69. The van der Waals surface area contributed by atoms with Crippen LogP contribution in [0.25, 0.3) is 16.8 Å². The van der Waals surface area contributed by atoms with Crippen molar-refractivity contribution >= 4 is 44.8 Å². The molecule has 1 aliphatic rings. The fraction of sp³-hybridized carbons (Fsp3) is 0. The van der Waals surface area contributed by atoms with Crippen molar-refractivity contribution in [3.05, 3.63) is 77.9 Å². The zero-order valence-corrected chi connectivity index (χ0v) is 16.1. The van der Waals surface area contributed by atoms with E-state index in [0.717, 1.165) is 10.8 Å². The van der Waals surface area contributed by atoms with Gasteiger partial charge in [-0.1, -0.05) is 42.5 Å². The number of hydrogen-bond acceptors (Lipinski definition) is 6. The number of nitrogens with one attached hydrogen (secondary N) is 2. The van der Waals surface area contributed by atoms with Crippen molar-refractivity contribution in [3.8, 4) is 5.75 Å². The topological polar surface area (TPSA) is 119 Å². The highest BCUT2D eigenvalue weighted by atomic mass is 32.2. The van der Waals surface area contributed by atoms with Gasteiger partial charge in [-0.05, 0) is 46.7 Å². The Bertz CT molecular complexity index is 1320. The molecule has 4 amide bonds. The van der Waals surface area contributed by atoms with Crippen LogP contribution in [0.1, 0.15) is 5.56 Å². The number of rotatable bonds is 4. The van der Waals surface area contributed by atoms with E-state index in [2.05, 4.69) is 0 Å². The Morgan fingerprint density at radius 3 is 2.20 bits per heavy atom. The molecule has 0 saturated carbocycles. The number of amides is 4. The van der Waals surface area contributed by atoms with Crippen LogP contribution in [0.4, 0.5) is 4.79 Å². The summed E-state index contributed by atoms with van der Waals surface area (Å²) in [5, 5.41) is 5.58. The highest BCUT2D eigenvalue weighted by Crippen LogP contribution is 2.24. The van der Waals surface area contributed by atoms with Crippen molar-refractivity contribution in [1.82, 2.24) is 10.6 Å². The van der Waals surface area contributed by atoms with Crippen LogP contribution in [-0.4, -0.2) is 26.3 Å². The molecule has 1 heterocycles. The molecule has 4 rings (SSSR count). The summed E-state index contributed by atoms with van der Waals surface area (Å²) in [4.78, 5) is 34.8. The monoisotopic (exact) mass is 422 g/mol. The number of urea groups is 1. The molecular formula is C21H14N2O6S. The summed E-state index contributed by atoms with van der Waals surface area (Å²) in [6.45, 7) is 0. The van der Waals surface area contributed by atoms with Crippen molar-refractivity contribution in [1.29, 1.82) is 0 Å². The first-order valence-electron chi connectivity index (χ1n) is 8.73. The molecule has 0 atom stereocenters. The van der Waals surface area contributed by atoms with E-state index in [9.17, 15) is 22.8 Å². The number of carbonyl (C=O) groups is 3. The summed E-state index contributed by atoms with van der Waals surface area (Å²) in [6.07, 6.45) is 1.23. The highest BCUT2D eigenvalue weighted by molar-refractivity contribution is 7.87. The van der Waals surface area contributed by atoms with Crippen molar-refractivity contribution in [2.45, 2.75) is 4.90 Å². The molecule has 1 saturated heterocycles. The lowest BCUT2D eigenvalue weighted by molar-refractivity contribution is -0.123. The van der Waals surface area contributed by atoms with E-state index in [1.165, 1.54) is 36.4 Å². The molecule has 8 nitrogen and oxygen atoms in total. The normalized spacial score (nSPS) is 14.3. The Kier molecular flexibility index (Phi) is 4.80. The minimum atomic E-state index is -4.11. The van der Waals surface area contributed by atoms with Gasteiger partial charge in [0.15, 0.2) is 0 Å². The van der Waals surface area contributed by atoms with Gasteiger partial charge in [-0.25, -0.2) is 4.79 Å². The Morgan fingerprint density at radius 2 is 1.47 bits per heavy atom. The van der Waals surface area contributed by atoms with Crippen LogP contribution in [0.2, 0.25) is 0 Å². The first-order chi connectivity index (χ1) is 14.3. The zero-order chi connectivity index (χ0) is 21.3. The van der Waals surface area contributed by atoms with E-state index >= 15 is 0 Å². The van der Waals surface area contributed by atoms with Gasteiger partial charge < -0.3 is 4.18 Å². The smallest absolute Gasteiger partial charge is 0.339 e. The number of fused-ring (bicyclic) bond motifs is 1. The molecule has 0 bridgehead atoms.